The highest BCUT2D eigenvalue weighted by atomic mass is 32.1. The summed E-state index contributed by atoms with van der Waals surface area (Å²) in [6.45, 7) is 5.28. The largest absolute Gasteiger partial charge is 0.343 e. The van der Waals surface area contributed by atoms with Crippen LogP contribution < -0.4 is 10.6 Å². The molecule has 0 bridgehead atoms. The fraction of sp³-hybridized carbons (Fsp3) is 0.786. The van der Waals surface area contributed by atoms with E-state index in [4.69, 9.17) is 5.73 Å². The zero-order valence-corrected chi connectivity index (χ0v) is 13.3. The van der Waals surface area contributed by atoms with Gasteiger partial charge in [0.05, 0.1) is 5.92 Å². The van der Waals surface area contributed by atoms with Gasteiger partial charge in [-0.15, -0.1) is 0 Å². The Kier molecular flexibility index (Phi) is 4.40. The van der Waals surface area contributed by atoms with Gasteiger partial charge in [-0.05, 0) is 12.8 Å². The number of carbonyl (C=O) groups excluding carboxylic acids is 1. The summed E-state index contributed by atoms with van der Waals surface area (Å²) in [6.07, 6.45) is 3.90. The molecular weight excluding hydrogens is 286 g/mol. The molecule has 1 saturated heterocycles. The van der Waals surface area contributed by atoms with Gasteiger partial charge in [-0.25, -0.2) is 4.98 Å². The van der Waals surface area contributed by atoms with Gasteiger partial charge in [-0.2, -0.15) is 4.37 Å². The molecule has 6 nitrogen and oxygen atoms in total. The van der Waals surface area contributed by atoms with E-state index < -0.39 is 0 Å². The van der Waals surface area contributed by atoms with Gasteiger partial charge < -0.3 is 15.5 Å². The Hall–Kier alpha value is -1.21. The molecule has 1 amide bonds. The van der Waals surface area contributed by atoms with Crippen molar-refractivity contribution in [3.05, 3.63) is 5.82 Å². The molecule has 2 atom stereocenters. The van der Waals surface area contributed by atoms with Gasteiger partial charge in [-0.1, -0.05) is 13.3 Å². The molecule has 1 aliphatic carbocycles. The van der Waals surface area contributed by atoms with E-state index in [1.54, 1.807) is 0 Å². The highest BCUT2D eigenvalue weighted by Crippen LogP contribution is 2.27. The maximum absolute atomic E-state index is 12.5. The van der Waals surface area contributed by atoms with Crippen LogP contribution in [0.3, 0.4) is 0 Å². The summed E-state index contributed by atoms with van der Waals surface area (Å²) in [7, 11) is 0. The Morgan fingerprint density at radius 2 is 2.10 bits per heavy atom. The van der Waals surface area contributed by atoms with Crippen LogP contribution in [0.1, 0.15) is 32.0 Å². The molecule has 0 aromatic carbocycles. The number of nitrogens with zero attached hydrogens (tertiary/aromatic N) is 4. The molecule has 21 heavy (non-hydrogen) atoms. The summed E-state index contributed by atoms with van der Waals surface area (Å²) < 4.78 is 4.33. The predicted octanol–water partition coefficient (Wildman–Crippen LogP) is 0.877. The number of aromatic nitrogens is 2. The van der Waals surface area contributed by atoms with Gasteiger partial charge in [0, 0.05) is 50.2 Å². The molecule has 2 aliphatic rings. The van der Waals surface area contributed by atoms with Crippen LogP contribution in [0.5, 0.6) is 0 Å². The van der Waals surface area contributed by atoms with E-state index in [9.17, 15) is 4.79 Å². The Bertz CT molecular complexity index is 497. The molecule has 3 rings (SSSR count). The standard InChI is InChI=1S/C14H23N5OS/c1-2-12-16-14(21-17-12)19-8-6-18(7-9-19)13(20)10-4-3-5-11(10)15/h10-11H,2-9,15H2,1H3/t10-,11+/m0/s1. The molecule has 1 saturated carbocycles. The molecule has 0 unspecified atom stereocenters. The minimum atomic E-state index is 0.0461. The second-order valence-corrected chi connectivity index (χ2v) is 6.59. The minimum absolute atomic E-state index is 0.0461. The zero-order valence-electron chi connectivity index (χ0n) is 12.5. The maximum Gasteiger partial charge on any atom is 0.227 e. The summed E-state index contributed by atoms with van der Waals surface area (Å²) in [5, 5.41) is 0.983. The molecule has 1 aliphatic heterocycles. The summed E-state index contributed by atoms with van der Waals surface area (Å²) in [5.74, 6) is 1.21. The third kappa shape index (κ3) is 3.03. The van der Waals surface area contributed by atoms with Crippen molar-refractivity contribution in [3.8, 4) is 0 Å². The number of hydrogen-bond acceptors (Lipinski definition) is 6. The summed E-state index contributed by atoms with van der Waals surface area (Å²) in [4.78, 5) is 21.2. The average molecular weight is 309 g/mol. The van der Waals surface area contributed by atoms with Crippen molar-refractivity contribution >= 4 is 22.6 Å². The number of rotatable bonds is 3. The van der Waals surface area contributed by atoms with E-state index >= 15 is 0 Å². The lowest BCUT2D eigenvalue weighted by atomic mass is 10.0. The van der Waals surface area contributed by atoms with Gasteiger partial charge in [0.25, 0.3) is 0 Å². The van der Waals surface area contributed by atoms with E-state index in [2.05, 4.69) is 21.2 Å². The van der Waals surface area contributed by atoms with E-state index in [0.717, 1.165) is 62.8 Å². The van der Waals surface area contributed by atoms with Crippen molar-refractivity contribution < 1.29 is 4.79 Å². The Balaban J connectivity index is 1.56. The van der Waals surface area contributed by atoms with Crippen LogP contribution in [-0.4, -0.2) is 52.4 Å². The van der Waals surface area contributed by atoms with Crippen LogP contribution in [0.15, 0.2) is 0 Å². The van der Waals surface area contributed by atoms with Gasteiger partial charge in [0.2, 0.25) is 11.0 Å². The minimum Gasteiger partial charge on any atom is -0.343 e. The lowest BCUT2D eigenvalue weighted by molar-refractivity contribution is -0.136. The first-order chi connectivity index (χ1) is 10.2. The number of aryl methyl sites for hydroxylation is 1. The van der Waals surface area contributed by atoms with E-state index in [1.165, 1.54) is 11.5 Å². The molecule has 116 valence electrons. The van der Waals surface area contributed by atoms with E-state index in [-0.39, 0.29) is 17.9 Å². The van der Waals surface area contributed by atoms with Crippen molar-refractivity contribution in [1.82, 2.24) is 14.3 Å². The van der Waals surface area contributed by atoms with Gasteiger partial charge in [0.1, 0.15) is 5.82 Å². The van der Waals surface area contributed by atoms with Crippen LogP contribution in [-0.2, 0) is 11.2 Å². The van der Waals surface area contributed by atoms with Crippen molar-refractivity contribution in [2.75, 3.05) is 31.1 Å². The van der Waals surface area contributed by atoms with Crippen LogP contribution in [0.4, 0.5) is 5.13 Å². The number of anilines is 1. The molecule has 1 aromatic rings. The molecular formula is C14H23N5OS. The van der Waals surface area contributed by atoms with Crippen LogP contribution in [0.25, 0.3) is 0 Å². The smallest absolute Gasteiger partial charge is 0.227 e. The van der Waals surface area contributed by atoms with Crippen LogP contribution in [0, 0.1) is 5.92 Å². The zero-order chi connectivity index (χ0) is 14.8. The first kappa shape index (κ1) is 14.7. The third-order valence-electron chi connectivity index (χ3n) is 4.52. The SMILES string of the molecule is CCc1nsc(N2CCN(C(=O)[C@H]3CCC[C@H]3N)CC2)n1. The molecule has 1 aromatic heterocycles. The monoisotopic (exact) mass is 309 g/mol. The molecule has 2 N–H and O–H groups in total. The maximum atomic E-state index is 12.5. The number of carbonyl (C=O) groups is 1. The predicted molar refractivity (Wildman–Crippen MR) is 83.4 cm³/mol. The molecule has 2 fully saturated rings. The Labute approximate surface area is 129 Å². The second kappa shape index (κ2) is 6.27. The van der Waals surface area contributed by atoms with Crippen LogP contribution >= 0.6 is 11.5 Å². The molecule has 0 radical (unpaired) electrons. The Morgan fingerprint density at radius 3 is 2.67 bits per heavy atom. The Morgan fingerprint density at radius 1 is 1.33 bits per heavy atom. The lowest BCUT2D eigenvalue weighted by Gasteiger charge is -2.36. The summed E-state index contributed by atoms with van der Waals surface area (Å²) >= 11 is 1.46. The molecule has 7 heteroatoms. The second-order valence-electron chi connectivity index (χ2n) is 5.86. The van der Waals surface area contributed by atoms with Gasteiger partial charge in [0.15, 0.2) is 0 Å². The fourth-order valence-electron chi connectivity index (χ4n) is 3.16. The van der Waals surface area contributed by atoms with Crippen molar-refractivity contribution in [1.29, 1.82) is 0 Å². The van der Waals surface area contributed by atoms with Crippen LogP contribution in [0.2, 0.25) is 0 Å². The van der Waals surface area contributed by atoms with Crippen molar-refractivity contribution in [2.45, 2.75) is 38.6 Å². The normalized spacial score (nSPS) is 26.4. The van der Waals surface area contributed by atoms with Gasteiger partial charge >= 0.3 is 0 Å². The molecule has 0 spiro atoms. The van der Waals surface area contributed by atoms with Gasteiger partial charge in [-0.3, -0.25) is 4.79 Å². The average Bonchev–Trinajstić information content (AvgIpc) is 3.15. The highest BCUT2D eigenvalue weighted by molar-refractivity contribution is 7.09. The quantitative estimate of drug-likeness (QED) is 0.897. The topological polar surface area (TPSA) is 75.4 Å². The van der Waals surface area contributed by atoms with Crippen molar-refractivity contribution in [3.63, 3.8) is 0 Å². The lowest BCUT2D eigenvalue weighted by Crippen LogP contribution is -2.52. The molecule has 2 heterocycles. The fourth-order valence-corrected chi connectivity index (χ4v) is 3.97. The van der Waals surface area contributed by atoms with Crippen molar-refractivity contribution in [2.24, 2.45) is 11.7 Å². The van der Waals surface area contributed by atoms with E-state index in [1.807, 2.05) is 4.90 Å². The number of hydrogen-bond donors (Lipinski definition) is 1. The first-order valence-electron chi connectivity index (χ1n) is 7.81. The number of nitrogens with two attached hydrogens (primary N) is 1. The summed E-state index contributed by atoms with van der Waals surface area (Å²) in [6, 6.07) is 0.0609. The number of piperazine rings is 1. The number of amides is 1. The first-order valence-corrected chi connectivity index (χ1v) is 8.58. The summed E-state index contributed by atoms with van der Waals surface area (Å²) in [5.41, 5.74) is 6.05. The van der Waals surface area contributed by atoms with E-state index in [0.29, 0.717) is 0 Å². The third-order valence-corrected chi connectivity index (χ3v) is 5.34. The highest BCUT2D eigenvalue weighted by Gasteiger charge is 2.34.